The molecule has 1 aliphatic rings. The molecule has 0 unspecified atom stereocenters. The van der Waals surface area contributed by atoms with E-state index in [9.17, 15) is 22.7 Å². The highest BCUT2D eigenvalue weighted by Crippen LogP contribution is 2.24. The van der Waals surface area contributed by atoms with Gasteiger partial charge in [0.25, 0.3) is 0 Å². The first-order chi connectivity index (χ1) is 12.6. The maximum Gasteiger partial charge on any atom is 0.237 e. The molecule has 0 aromatic heterocycles. The van der Waals surface area contributed by atoms with Crippen LogP contribution in [0.2, 0.25) is 0 Å². The van der Waals surface area contributed by atoms with E-state index in [-0.39, 0.29) is 18.3 Å². The van der Waals surface area contributed by atoms with Gasteiger partial charge in [0.05, 0.1) is 18.4 Å². The monoisotopic (exact) mass is 401 g/mol. The van der Waals surface area contributed by atoms with Gasteiger partial charge in [-0.15, -0.1) is 0 Å². The van der Waals surface area contributed by atoms with E-state index in [1.165, 1.54) is 12.1 Å². The van der Waals surface area contributed by atoms with Crippen LogP contribution in [0.15, 0.2) is 24.3 Å². The highest BCUT2D eigenvalue weighted by atomic mass is 32.2. The number of aliphatic hydroxyl groups is 1. The number of likely N-dealkylation sites (tertiary alicyclic amines) is 1. The molecule has 1 atom stereocenters. The van der Waals surface area contributed by atoms with E-state index in [1.807, 2.05) is 11.9 Å². The maximum atomic E-state index is 13.0. The molecule has 0 bridgehead atoms. The van der Waals surface area contributed by atoms with Crippen molar-refractivity contribution >= 4 is 15.9 Å². The molecular weight excluding hydrogens is 373 g/mol. The van der Waals surface area contributed by atoms with E-state index in [0.29, 0.717) is 45.4 Å². The van der Waals surface area contributed by atoms with E-state index in [1.54, 1.807) is 17.0 Å². The van der Waals surface area contributed by atoms with Crippen molar-refractivity contribution < 1.29 is 22.7 Å². The lowest BCUT2D eigenvalue weighted by Crippen LogP contribution is -2.43. The largest absolute Gasteiger partial charge is 0.388 e. The van der Waals surface area contributed by atoms with E-state index in [4.69, 9.17) is 0 Å². The molecule has 7 nitrogen and oxygen atoms in total. The summed E-state index contributed by atoms with van der Waals surface area (Å²) < 4.78 is 37.5. The van der Waals surface area contributed by atoms with Gasteiger partial charge in [-0.2, -0.15) is 0 Å². The van der Waals surface area contributed by atoms with Crippen LogP contribution in [0.25, 0.3) is 0 Å². The summed E-state index contributed by atoms with van der Waals surface area (Å²) in [6.45, 7) is 1.64. The third kappa shape index (κ3) is 7.53. The van der Waals surface area contributed by atoms with Crippen LogP contribution >= 0.6 is 0 Å². The van der Waals surface area contributed by atoms with Crippen molar-refractivity contribution in [2.75, 3.05) is 39.5 Å². The zero-order valence-electron chi connectivity index (χ0n) is 15.8. The summed E-state index contributed by atoms with van der Waals surface area (Å²) in [6.07, 6.45) is 2.64. The van der Waals surface area contributed by atoms with Crippen molar-refractivity contribution in [3.8, 4) is 0 Å². The Hall–Kier alpha value is -1.55. The number of amides is 1. The van der Waals surface area contributed by atoms with Crippen molar-refractivity contribution in [3.05, 3.63) is 35.6 Å². The molecule has 9 heteroatoms. The molecule has 0 saturated carbocycles. The SMILES string of the molecule is CN(Cc1ccc(F)cc1)C[C@@]1(O)CCCN(C(=O)CNS(C)(=O)=O)CC1. The molecule has 1 amide bonds. The Balaban J connectivity index is 1.87. The molecule has 0 spiro atoms. The quantitative estimate of drug-likeness (QED) is 0.697. The first kappa shape index (κ1) is 21.7. The van der Waals surface area contributed by atoms with Gasteiger partial charge >= 0.3 is 0 Å². The van der Waals surface area contributed by atoms with Crippen LogP contribution in [0.4, 0.5) is 4.39 Å². The van der Waals surface area contributed by atoms with Gasteiger partial charge in [0.2, 0.25) is 15.9 Å². The van der Waals surface area contributed by atoms with E-state index in [0.717, 1.165) is 11.8 Å². The molecule has 1 fully saturated rings. The number of likely N-dealkylation sites (N-methyl/N-ethyl adjacent to an activating group) is 1. The number of hydrogen-bond donors (Lipinski definition) is 2. The summed E-state index contributed by atoms with van der Waals surface area (Å²) in [6, 6.07) is 6.27. The normalized spacial score (nSPS) is 21.3. The Morgan fingerprint density at radius 2 is 1.96 bits per heavy atom. The molecule has 1 saturated heterocycles. The Morgan fingerprint density at radius 3 is 2.59 bits per heavy atom. The first-order valence-corrected chi connectivity index (χ1v) is 10.8. The zero-order chi connectivity index (χ0) is 20.1. The van der Waals surface area contributed by atoms with Gasteiger partial charge in [-0.25, -0.2) is 17.5 Å². The van der Waals surface area contributed by atoms with E-state index in [2.05, 4.69) is 4.72 Å². The summed E-state index contributed by atoms with van der Waals surface area (Å²) in [4.78, 5) is 15.8. The second-order valence-electron chi connectivity index (χ2n) is 7.35. The zero-order valence-corrected chi connectivity index (χ0v) is 16.6. The molecule has 1 aromatic carbocycles. The van der Waals surface area contributed by atoms with Gasteiger partial charge < -0.3 is 10.0 Å². The molecule has 1 aromatic rings. The van der Waals surface area contributed by atoms with Gasteiger partial charge in [0.1, 0.15) is 5.82 Å². The maximum absolute atomic E-state index is 13.0. The van der Waals surface area contributed by atoms with Crippen molar-refractivity contribution in [3.63, 3.8) is 0 Å². The van der Waals surface area contributed by atoms with E-state index < -0.39 is 15.6 Å². The molecule has 0 aliphatic carbocycles. The Bertz CT molecular complexity index is 741. The summed E-state index contributed by atoms with van der Waals surface area (Å²) in [5.41, 5.74) is 0.0356. The fourth-order valence-electron chi connectivity index (χ4n) is 3.35. The minimum absolute atomic E-state index is 0.262. The molecule has 2 rings (SSSR count). The summed E-state index contributed by atoms with van der Waals surface area (Å²) in [5.74, 6) is -0.566. The molecular formula is C18H28FN3O4S. The number of sulfonamides is 1. The first-order valence-electron chi connectivity index (χ1n) is 8.94. The molecule has 27 heavy (non-hydrogen) atoms. The lowest BCUT2D eigenvalue weighted by Gasteiger charge is -2.31. The van der Waals surface area contributed by atoms with Crippen molar-refractivity contribution in [1.29, 1.82) is 0 Å². The molecule has 0 radical (unpaired) electrons. The second kappa shape index (κ2) is 9.09. The van der Waals surface area contributed by atoms with Crippen molar-refractivity contribution in [2.24, 2.45) is 0 Å². The summed E-state index contributed by atoms with van der Waals surface area (Å²) in [5, 5.41) is 11.0. The number of hydrogen-bond acceptors (Lipinski definition) is 5. The fraction of sp³-hybridized carbons (Fsp3) is 0.611. The molecule has 2 N–H and O–H groups in total. The average Bonchev–Trinajstić information content (AvgIpc) is 2.76. The number of nitrogens with zero attached hydrogens (tertiary/aromatic N) is 2. The van der Waals surface area contributed by atoms with Gasteiger partial charge in [0, 0.05) is 26.2 Å². The lowest BCUT2D eigenvalue weighted by molar-refractivity contribution is -0.130. The van der Waals surface area contributed by atoms with Crippen molar-refractivity contribution in [1.82, 2.24) is 14.5 Å². The summed E-state index contributed by atoms with van der Waals surface area (Å²) in [7, 11) is -1.52. The Kier molecular flexibility index (Phi) is 7.32. The number of rotatable bonds is 7. The third-order valence-corrected chi connectivity index (χ3v) is 5.35. The van der Waals surface area contributed by atoms with Crippen LogP contribution in [0.3, 0.4) is 0 Å². The minimum Gasteiger partial charge on any atom is -0.388 e. The van der Waals surface area contributed by atoms with Gasteiger partial charge in [0.15, 0.2) is 0 Å². The van der Waals surface area contributed by atoms with Crippen LogP contribution in [0, 0.1) is 5.82 Å². The Morgan fingerprint density at radius 1 is 1.30 bits per heavy atom. The van der Waals surface area contributed by atoms with Crippen molar-refractivity contribution in [2.45, 2.75) is 31.4 Å². The summed E-state index contributed by atoms with van der Waals surface area (Å²) >= 11 is 0. The molecule has 1 heterocycles. The lowest BCUT2D eigenvalue weighted by atomic mass is 9.94. The van der Waals surface area contributed by atoms with Crippen LogP contribution in [-0.4, -0.2) is 74.3 Å². The number of halogens is 1. The molecule has 152 valence electrons. The van der Waals surface area contributed by atoms with Gasteiger partial charge in [-0.05, 0) is 44.0 Å². The van der Waals surface area contributed by atoms with Gasteiger partial charge in [-0.1, -0.05) is 12.1 Å². The predicted molar refractivity (Wildman–Crippen MR) is 101 cm³/mol. The standard InChI is InChI=1S/C18H28FN3O4S/c1-21(13-15-4-6-16(19)7-5-15)14-18(24)8-3-10-22(11-9-18)17(23)12-20-27(2,25)26/h4-7,20,24H,3,8-14H2,1-2H3/t18-/m1/s1. The predicted octanol–water partition coefficient (Wildman–Crippen LogP) is 0.550. The Labute approximate surface area is 160 Å². The van der Waals surface area contributed by atoms with Crippen LogP contribution in [-0.2, 0) is 21.4 Å². The topological polar surface area (TPSA) is 89.9 Å². The van der Waals surface area contributed by atoms with Gasteiger partial charge in [-0.3, -0.25) is 9.69 Å². The number of carbonyl (C=O) groups is 1. The average molecular weight is 402 g/mol. The highest BCUT2D eigenvalue weighted by Gasteiger charge is 2.32. The minimum atomic E-state index is -3.42. The third-order valence-electron chi connectivity index (χ3n) is 4.69. The van der Waals surface area contributed by atoms with Crippen LogP contribution < -0.4 is 4.72 Å². The highest BCUT2D eigenvalue weighted by molar-refractivity contribution is 7.88. The smallest absolute Gasteiger partial charge is 0.237 e. The fourth-order valence-corrected chi connectivity index (χ4v) is 3.74. The molecule has 1 aliphatic heterocycles. The van der Waals surface area contributed by atoms with Crippen LogP contribution in [0.1, 0.15) is 24.8 Å². The number of benzene rings is 1. The van der Waals surface area contributed by atoms with Crippen LogP contribution in [0.5, 0.6) is 0 Å². The number of nitrogens with one attached hydrogen (secondary N) is 1. The second-order valence-corrected chi connectivity index (χ2v) is 9.18. The number of carbonyl (C=O) groups excluding carboxylic acids is 1. The van der Waals surface area contributed by atoms with E-state index >= 15 is 0 Å².